The van der Waals surface area contributed by atoms with Crippen LogP contribution in [0.5, 0.6) is 5.75 Å². The number of hydrogen-bond acceptors (Lipinski definition) is 6. The summed E-state index contributed by atoms with van der Waals surface area (Å²) in [6, 6.07) is 8.17. The number of guanidine groups is 1. The van der Waals surface area contributed by atoms with Crippen molar-refractivity contribution in [3.8, 4) is 5.75 Å². The van der Waals surface area contributed by atoms with Crippen LogP contribution >= 0.6 is 24.0 Å². The van der Waals surface area contributed by atoms with Gasteiger partial charge < -0.3 is 24.4 Å². The van der Waals surface area contributed by atoms with Gasteiger partial charge in [-0.05, 0) is 13.0 Å². The van der Waals surface area contributed by atoms with E-state index < -0.39 is 0 Å². The van der Waals surface area contributed by atoms with Crippen LogP contribution in [0.4, 0.5) is 0 Å². The normalized spacial score (nSPS) is 15.9. The molecule has 1 atom stereocenters. The Hall–Kier alpha value is -2.63. The lowest BCUT2D eigenvalue weighted by atomic mass is 9.94. The highest BCUT2D eigenvalue weighted by Gasteiger charge is 2.23. The number of rotatable bonds is 5. The molecule has 0 saturated heterocycles. The highest BCUT2D eigenvalue weighted by Crippen LogP contribution is 2.31. The molecule has 0 fully saturated rings. The van der Waals surface area contributed by atoms with E-state index in [4.69, 9.17) is 14.1 Å². The van der Waals surface area contributed by atoms with Crippen molar-refractivity contribution in [1.29, 1.82) is 0 Å². The summed E-state index contributed by atoms with van der Waals surface area (Å²) in [4.78, 5) is 9.18. The van der Waals surface area contributed by atoms with E-state index in [2.05, 4.69) is 52.7 Å². The number of hydrogen-bond donors (Lipinski definition) is 2. The third kappa shape index (κ3) is 6.04. The van der Waals surface area contributed by atoms with Crippen LogP contribution in [0.1, 0.15) is 62.1 Å². The molecule has 9 nitrogen and oxygen atoms in total. The van der Waals surface area contributed by atoms with Gasteiger partial charge in [0.05, 0.1) is 25.4 Å². The van der Waals surface area contributed by atoms with Gasteiger partial charge in [0, 0.05) is 24.4 Å². The van der Waals surface area contributed by atoms with Crippen LogP contribution in [-0.2, 0) is 25.6 Å². The van der Waals surface area contributed by atoms with Gasteiger partial charge in [0.25, 0.3) is 0 Å². The first kappa shape index (κ1) is 25.0. The molecule has 3 aromatic rings. The Morgan fingerprint density at radius 3 is 2.73 bits per heavy atom. The van der Waals surface area contributed by atoms with Gasteiger partial charge in [-0.2, -0.15) is 0 Å². The number of halogens is 1. The quantitative estimate of drug-likeness (QED) is 0.276. The van der Waals surface area contributed by atoms with Gasteiger partial charge in [-0.1, -0.05) is 39.0 Å². The molecule has 10 heteroatoms. The van der Waals surface area contributed by atoms with Crippen LogP contribution in [-0.4, -0.2) is 32.3 Å². The zero-order valence-electron chi connectivity index (χ0n) is 19.8. The van der Waals surface area contributed by atoms with Gasteiger partial charge in [-0.25, -0.2) is 9.98 Å². The minimum atomic E-state index is -0.0880. The Morgan fingerprint density at radius 2 is 2.03 bits per heavy atom. The van der Waals surface area contributed by atoms with Crippen LogP contribution in [0.15, 0.2) is 39.9 Å². The van der Waals surface area contributed by atoms with Gasteiger partial charge in [-0.3, -0.25) is 0 Å². The van der Waals surface area contributed by atoms with Crippen molar-refractivity contribution in [2.45, 2.75) is 58.7 Å². The van der Waals surface area contributed by atoms with Gasteiger partial charge in [-0.15, -0.1) is 34.2 Å². The number of ether oxygens (including phenoxy) is 1. The Balaban J connectivity index is 0.00000306. The first-order valence-electron chi connectivity index (χ1n) is 10.9. The van der Waals surface area contributed by atoms with E-state index in [9.17, 15) is 0 Å². The van der Waals surface area contributed by atoms with Gasteiger partial charge >= 0.3 is 0 Å². The lowest BCUT2D eigenvalue weighted by Gasteiger charge is -2.28. The lowest BCUT2D eigenvalue weighted by Crippen LogP contribution is -2.41. The van der Waals surface area contributed by atoms with Gasteiger partial charge in [0.15, 0.2) is 11.8 Å². The standard InChI is InChI=1S/C23H31N7O2.HI/c1-15-28-29-20(30(15)5)13-25-22(26-14-21-24-12-19(32-21)23(2,3)4)27-17-10-11-31-18-9-7-6-8-16(17)18;/h6-9,12,17H,10-11,13-14H2,1-5H3,(H2,25,26,27);1H. The Morgan fingerprint density at radius 1 is 1.24 bits per heavy atom. The molecule has 0 spiro atoms. The Labute approximate surface area is 211 Å². The van der Waals surface area contributed by atoms with Crippen LogP contribution in [0.3, 0.4) is 0 Å². The molecule has 0 saturated carbocycles. The van der Waals surface area contributed by atoms with E-state index in [0.29, 0.717) is 31.5 Å². The summed E-state index contributed by atoms with van der Waals surface area (Å²) in [6.07, 6.45) is 2.63. The molecular formula is C23H32IN7O2. The first-order chi connectivity index (χ1) is 15.3. The SMILES string of the molecule is Cc1nnc(CN=C(NCc2ncc(C(C)(C)C)o2)NC2CCOc3ccccc32)n1C.I. The molecule has 0 amide bonds. The van der Waals surface area contributed by atoms with E-state index in [1.54, 1.807) is 6.20 Å². The molecule has 1 aliphatic rings. The van der Waals surface area contributed by atoms with E-state index in [1.165, 1.54) is 0 Å². The molecule has 4 rings (SSSR count). The molecule has 2 N–H and O–H groups in total. The molecular weight excluding hydrogens is 533 g/mol. The van der Waals surface area contributed by atoms with E-state index >= 15 is 0 Å². The number of aromatic nitrogens is 4. The number of nitrogens with zero attached hydrogens (tertiary/aromatic N) is 5. The highest BCUT2D eigenvalue weighted by atomic mass is 127. The molecule has 33 heavy (non-hydrogen) atoms. The Kier molecular flexibility index (Phi) is 7.98. The van der Waals surface area contributed by atoms with Crippen LogP contribution in [0.25, 0.3) is 0 Å². The zero-order chi connectivity index (χ0) is 22.7. The molecule has 3 heterocycles. The largest absolute Gasteiger partial charge is 0.493 e. The molecule has 1 unspecified atom stereocenters. The van der Waals surface area contributed by atoms with Crippen molar-refractivity contribution in [2.24, 2.45) is 12.0 Å². The maximum Gasteiger partial charge on any atom is 0.213 e. The minimum Gasteiger partial charge on any atom is -0.493 e. The third-order valence-corrected chi connectivity index (χ3v) is 5.53. The minimum absolute atomic E-state index is 0. The highest BCUT2D eigenvalue weighted by molar-refractivity contribution is 14.0. The van der Waals surface area contributed by atoms with E-state index in [0.717, 1.165) is 35.1 Å². The second-order valence-electron chi connectivity index (χ2n) is 8.98. The van der Waals surface area contributed by atoms with Crippen molar-refractivity contribution in [2.75, 3.05) is 6.61 Å². The average Bonchev–Trinajstić information content (AvgIpc) is 3.38. The predicted octanol–water partition coefficient (Wildman–Crippen LogP) is 3.79. The van der Waals surface area contributed by atoms with Gasteiger partial charge in [0.1, 0.15) is 23.9 Å². The van der Waals surface area contributed by atoms with Crippen molar-refractivity contribution in [3.63, 3.8) is 0 Å². The van der Waals surface area contributed by atoms with Crippen molar-refractivity contribution < 1.29 is 9.15 Å². The molecule has 0 radical (unpaired) electrons. The number of benzene rings is 1. The third-order valence-electron chi connectivity index (χ3n) is 5.53. The predicted molar refractivity (Wildman–Crippen MR) is 137 cm³/mol. The fraction of sp³-hybridized carbons (Fsp3) is 0.478. The summed E-state index contributed by atoms with van der Waals surface area (Å²) in [5.41, 5.74) is 1.03. The number of nitrogens with one attached hydrogen (secondary N) is 2. The van der Waals surface area contributed by atoms with Crippen molar-refractivity contribution in [3.05, 3.63) is 59.3 Å². The van der Waals surface area contributed by atoms with Gasteiger partial charge in [0.2, 0.25) is 5.89 Å². The molecule has 0 aliphatic carbocycles. The smallest absolute Gasteiger partial charge is 0.213 e. The van der Waals surface area contributed by atoms with Crippen LogP contribution < -0.4 is 15.4 Å². The fourth-order valence-electron chi connectivity index (χ4n) is 3.45. The second kappa shape index (κ2) is 10.5. The summed E-state index contributed by atoms with van der Waals surface area (Å²) in [5, 5.41) is 15.2. The fourth-order valence-corrected chi connectivity index (χ4v) is 3.45. The lowest BCUT2D eigenvalue weighted by molar-refractivity contribution is 0.261. The topological polar surface area (TPSA) is 102 Å². The summed E-state index contributed by atoms with van der Waals surface area (Å²) >= 11 is 0. The maximum atomic E-state index is 5.93. The summed E-state index contributed by atoms with van der Waals surface area (Å²) < 4.78 is 13.7. The summed E-state index contributed by atoms with van der Waals surface area (Å²) in [6.45, 7) is 9.70. The van der Waals surface area contributed by atoms with E-state index in [-0.39, 0.29) is 35.4 Å². The summed E-state index contributed by atoms with van der Waals surface area (Å²) in [5.74, 6) is 4.68. The second-order valence-corrected chi connectivity index (χ2v) is 8.98. The van der Waals surface area contributed by atoms with E-state index in [1.807, 2.05) is 36.7 Å². The van der Waals surface area contributed by atoms with Crippen molar-refractivity contribution in [1.82, 2.24) is 30.4 Å². The molecule has 2 aromatic heterocycles. The first-order valence-corrected chi connectivity index (χ1v) is 10.9. The average molecular weight is 565 g/mol. The number of aliphatic imine (C=N–C) groups is 1. The van der Waals surface area contributed by atoms with Crippen LogP contribution in [0, 0.1) is 6.92 Å². The molecule has 1 aliphatic heterocycles. The monoisotopic (exact) mass is 565 g/mol. The molecule has 1 aromatic carbocycles. The number of fused-ring (bicyclic) bond motifs is 1. The number of para-hydroxylation sites is 1. The zero-order valence-corrected chi connectivity index (χ0v) is 22.1. The Bertz CT molecular complexity index is 1100. The van der Waals surface area contributed by atoms with Crippen LogP contribution in [0.2, 0.25) is 0 Å². The number of oxazole rings is 1. The maximum absolute atomic E-state index is 5.93. The molecule has 178 valence electrons. The van der Waals surface area contributed by atoms with Crippen molar-refractivity contribution >= 4 is 29.9 Å². The number of aryl methyl sites for hydroxylation is 1. The summed E-state index contributed by atoms with van der Waals surface area (Å²) in [7, 11) is 1.94. The molecule has 0 bridgehead atoms.